The Bertz CT molecular complexity index is 563. The van der Waals surface area contributed by atoms with Crippen molar-refractivity contribution in [3.63, 3.8) is 0 Å². The standard InChI is InChI=1S/C20H24O2Si/c1-3-5-17-23(18-6-4-2,21-19-13-9-7-10-14-19)22-20-15-11-8-12-16-20/h5-18H,3-4H2,1-2H3. The lowest BCUT2D eigenvalue weighted by molar-refractivity contribution is 0.413. The highest BCUT2D eigenvalue weighted by atomic mass is 28.4. The zero-order valence-corrected chi connectivity index (χ0v) is 14.8. The summed E-state index contributed by atoms with van der Waals surface area (Å²) in [6.45, 7) is 4.23. The van der Waals surface area contributed by atoms with Gasteiger partial charge >= 0.3 is 8.56 Å². The van der Waals surface area contributed by atoms with Crippen LogP contribution < -0.4 is 8.85 Å². The monoisotopic (exact) mass is 324 g/mol. The fourth-order valence-electron chi connectivity index (χ4n) is 2.12. The molecule has 0 aliphatic carbocycles. The Labute approximate surface area is 140 Å². The van der Waals surface area contributed by atoms with Gasteiger partial charge in [0, 0.05) is 0 Å². The van der Waals surface area contributed by atoms with Crippen LogP contribution in [0.15, 0.2) is 84.2 Å². The minimum absolute atomic E-state index is 0.830. The van der Waals surface area contributed by atoms with Gasteiger partial charge in [0.1, 0.15) is 11.5 Å². The van der Waals surface area contributed by atoms with Crippen molar-refractivity contribution in [1.29, 1.82) is 0 Å². The van der Waals surface area contributed by atoms with Crippen LogP contribution in [-0.4, -0.2) is 8.56 Å². The highest BCUT2D eigenvalue weighted by Crippen LogP contribution is 2.22. The maximum Gasteiger partial charge on any atom is 0.515 e. The number of hydrogen-bond donors (Lipinski definition) is 0. The summed E-state index contributed by atoms with van der Waals surface area (Å²) in [5.74, 6) is 1.66. The summed E-state index contributed by atoms with van der Waals surface area (Å²) in [6, 6.07) is 19.7. The molecule has 0 saturated heterocycles. The van der Waals surface area contributed by atoms with Crippen LogP contribution in [0.1, 0.15) is 26.7 Å². The van der Waals surface area contributed by atoms with Crippen molar-refractivity contribution < 1.29 is 8.85 Å². The minimum Gasteiger partial charge on any atom is -0.506 e. The molecule has 2 aromatic rings. The summed E-state index contributed by atoms with van der Waals surface area (Å²) in [4.78, 5) is 0. The van der Waals surface area contributed by atoms with Gasteiger partial charge in [0.25, 0.3) is 0 Å². The van der Waals surface area contributed by atoms with E-state index in [4.69, 9.17) is 8.85 Å². The summed E-state index contributed by atoms with van der Waals surface area (Å²) in [7, 11) is -2.68. The molecule has 0 aliphatic rings. The first kappa shape index (κ1) is 17.1. The molecule has 2 aromatic carbocycles. The van der Waals surface area contributed by atoms with E-state index in [2.05, 4.69) is 37.4 Å². The number of para-hydroxylation sites is 2. The van der Waals surface area contributed by atoms with Gasteiger partial charge in [0.05, 0.1) is 0 Å². The average molecular weight is 324 g/mol. The van der Waals surface area contributed by atoms with Gasteiger partial charge in [0.15, 0.2) is 0 Å². The molecule has 0 radical (unpaired) electrons. The van der Waals surface area contributed by atoms with E-state index in [1.54, 1.807) is 0 Å². The molecule has 0 bridgehead atoms. The van der Waals surface area contributed by atoms with Gasteiger partial charge in [-0.3, -0.25) is 0 Å². The molecule has 3 heteroatoms. The van der Waals surface area contributed by atoms with E-state index in [1.165, 1.54) is 0 Å². The maximum atomic E-state index is 6.35. The van der Waals surface area contributed by atoms with Crippen molar-refractivity contribution >= 4 is 8.56 Å². The van der Waals surface area contributed by atoms with E-state index < -0.39 is 8.56 Å². The first-order chi connectivity index (χ1) is 11.3. The Hall–Kier alpha value is -2.26. The first-order valence-electron chi connectivity index (χ1n) is 8.11. The number of allylic oxidation sites excluding steroid dienone is 2. The van der Waals surface area contributed by atoms with E-state index in [9.17, 15) is 0 Å². The molecular formula is C20H24O2Si. The largest absolute Gasteiger partial charge is 0.515 e. The quantitative estimate of drug-likeness (QED) is 0.589. The van der Waals surface area contributed by atoms with E-state index >= 15 is 0 Å². The van der Waals surface area contributed by atoms with Gasteiger partial charge in [-0.15, -0.1) is 0 Å². The Balaban J connectivity index is 2.36. The molecule has 0 saturated carbocycles. The lowest BCUT2D eigenvalue weighted by Crippen LogP contribution is -2.45. The topological polar surface area (TPSA) is 18.5 Å². The molecular weight excluding hydrogens is 300 g/mol. The average Bonchev–Trinajstić information content (AvgIpc) is 2.60. The number of rotatable bonds is 8. The lowest BCUT2D eigenvalue weighted by atomic mass is 10.3. The second-order valence-corrected chi connectivity index (χ2v) is 7.69. The number of benzene rings is 2. The summed E-state index contributed by atoms with van der Waals surface area (Å²) in [5.41, 5.74) is 4.22. The minimum atomic E-state index is -2.68. The highest BCUT2D eigenvalue weighted by molar-refractivity contribution is 6.78. The molecule has 0 spiro atoms. The summed E-state index contributed by atoms with van der Waals surface area (Å²) >= 11 is 0. The van der Waals surface area contributed by atoms with Gasteiger partial charge in [-0.1, -0.05) is 62.4 Å². The number of hydrogen-bond acceptors (Lipinski definition) is 2. The zero-order valence-electron chi connectivity index (χ0n) is 13.8. The predicted molar refractivity (Wildman–Crippen MR) is 98.8 cm³/mol. The van der Waals surface area contributed by atoms with Crippen molar-refractivity contribution in [3.8, 4) is 11.5 Å². The van der Waals surface area contributed by atoms with E-state index in [1.807, 2.05) is 60.7 Å². The van der Waals surface area contributed by atoms with Crippen molar-refractivity contribution in [2.75, 3.05) is 0 Å². The Kier molecular flexibility index (Phi) is 6.69. The normalized spacial score (nSPS) is 11.9. The van der Waals surface area contributed by atoms with E-state index in [0.717, 1.165) is 24.3 Å². The third-order valence-corrected chi connectivity index (χ3v) is 5.72. The first-order valence-corrected chi connectivity index (χ1v) is 10.1. The van der Waals surface area contributed by atoms with Crippen LogP contribution in [0.2, 0.25) is 0 Å². The third kappa shape index (κ3) is 5.46. The van der Waals surface area contributed by atoms with E-state index in [-0.39, 0.29) is 0 Å². The molecule has 0 aliphatic heterocycles. The van der Waals surface area contributed by atoms with Crippen molar-refractivity contribution in [2.45, 2.75) is 26.7 Å². The molecule has 120 valence electrons. The Morgan fingerprint density at radius 2 is 1.09 bits per heavy atom. The lowest BCUT2D eigenvalue weighted by Gasteiger charge is -2.26. The zero-order chi connectivity index (χ0) is 16.4. The second kappa shape index (κ2) is 9.01. The molecule has 0 heterocycles. The van der Waals surface area contributed by atoms with Crippen molar-refractivity contribution in [2.24, 2.45) is 0 Å². The van der Waals surface area contributed by atoms with Crippen LogP contribution in [0.3, 0.4) is 0 Å². The smallest absolute Gasteiger partial charge is 0.506 e. The third-order valence-electron chi connectivity index (χ3n) is 3.21. The molecule has 2 nitrogen and oxygen atoms in total. The van der Waals surface area contributed by atoms with Crippen molar-refractivity contribution in [3.05, 3.63) is 84.2 Å². The Morgan fingerprint density at radius 1 is 0.696 bits per heavy atom. The molecule has 0 amide bonds. The second-order valence-electron chi connectivity index (χ2n) is 5.17. The van der Waals surface area contributed by atoms with Crippen LogP contribution in [-0.2, 0) is 0 Å². The Morgan fingerprint density at radius 3 is 1.43 bits per heavy atom. The van der Waals surface area contributed by atoms with Gasteiger partial charge in [-0.2, -0.15) is 0 Å². The summed E-state index contributed by atoms with van der Waals surface area (Å²) in [6.07, 6.45) is 6.15. The molecule has 0 N–H and O–H groups in total. The molecule has 0 atom stereocenters. The fraction of sp³-hybridized carbons (Fsp3) is 0.200. The predicted octanol–water partition coefficient (Wildman–Crippen LogP) is 5.60. The van der Waals surface area contributed by atoms with Crippen LogP contribution >= 0.6 is 0 Å². The van der Waals surface area contributed by atoms with E-state index in [0.29, 0.717) is 0 Å². The molecule has 23 heavy (non-hydrogen) atoms. The van der Waals surface area contributed by atoms with Crippen LogP contribution in [0.25, 0.3) is 0 Å². The van der Waals surface area contributed by atoms with Gasteiger partial charge in [-0.25, -0.2) is 0 Å². The van der Waals surface area contributed by atoms with Gasteiger partial charge < -0.3 is 8.85 Å². The SMILES string of the molecule is CCC=C[Si](C=CCC)(Oc1ccccc1)Oc1ccccc1. The van der Waals surface area contributed by atoms with Crippen molar-refractivity contribution in [1.82, 2.24) is 0 Å². The molecule has 2 rings (SSSR count). The van der Waals surface area contributed by atoms with Gasteiger partial charge in [0.2, 0.25) is 0 Å². The molecule has 0 fully saturated rings. The molecule has 0 unspecified atom stereocenters. The summed E-state index contributed by atoms with van der Waals surface area (Å²) in [5, 5.41) is 0. The highest BCUT2D eigenvalue weighted by Gasteiger charge is 2.36. The molecule has 0 aromatic heterocycles. The van der Waals surface area contributed by atoms with Gasteiger partial charge in [-0.05, 0) is 48.5 Å². The van der Waals surface area contributed by atoms with Crippen LogP contribution in [0, 0.1) is 0 Å². The van der Waals surface area contributed by atoms with Crippen LogP contribution in [0.4, 0.5) is 0 Å². The summed E-state index contributed by atoms with van der Waals surface area (Å²) < 4.78 is 12.7. The van der Waals surface area contributed by atoms with Crippen LogP contribution in [0.5, 0.6) is 11.5 Å². The maximum absolute atomic E-state index is 6.35. The fourth-order valence-corrected chi connectivity index (χ4v) is 4.68.